The van der Waals surface area contributed by atoms with Crippen molar-refractivity contribution in [2.75, 3.05) is 20.3 Å². The van der Waals surface area contributed by atoms with Gasteiger partial charge in [-0.15, -0.1) is 0 Å². The molecule has 0 bridgehead atoms. The van der Waals surface area contributed by atoms with E-state index in [1.54, 1.807) is 19.4 Å². The van der Waals surface area contributed by atoms with E-state index < -0.39 is 0 Å². The van der Waals surface area contributed by atoms with Crippen LogP contribution in [0.15, 0.2) is 36.5 Å². The lowest BCUT2D eigenvalue weighted by molar-refractivity contribution is 0.296. The Kier molecular flexibility index (Phi) is 6.77. The van der Waals surface area contributed by atoms with Gasteiger partial charge in [-0.3, -0.25) is 0 Å². The second kappa shape index (κ2) is 8.83. The molecule has 2 aromatic rings. The molecule has 0 aliphatic carbocycles. The number of halogens is 2. The molecule has 0 saturated carbocycles. The first-order chi connectivity index (χ1) is 10.7. The fraction of sp³-hybridized carbons (Fsp3) is 0.312. The third-order valence-corrected chi connectivity index (χ3v) is 3.49. The molecule has 6 heteroatoms. The number of methoxy groups -OCH3 is 1. The SMILES string of the molecule is COc1c(Cl)cc(Cl)cc1CNCCCOc1ccccn1. The molecule has 118 valence electrons. The van der Waals surface area contributed by atoms with Gasteiger partial charge in [-0.1, -0.05) is 29.3 Å². The lowest BCUT2D eigenvalue weighted by Crippen LogP contribution is -2.17. The van der Waals surface area contributed by atoms with Crippen LogP contribution in [0.5, 0.6) is 11.6 Å². The smallest absolute Gasteiger partial charge is 0.213 e. The lowest BCUT2D eigenvalue weighted by atomic mass is 10.2. The molecule has 1 aromatic carbocycles. The van der Waals surface area contributed by atoms with Crippen molar-refractivity contribution in [1.29, 1.82) is 0 Å². The van der Waals surface area contributed by atoms with E-state index >= 15 is 0 Å². The number of hydrogen-bond donors (Lipinski definition) is 1. The summed E-state index contributed by atoms with van der Waals surface area (Å²) in [5, 5.41) is 4.44. The number of ether oxygens (including phenoxy) is 2. The summed E-state index contributed by atoms with van der Waals surface area (Å²) in [4.78, 5) is 4.10. The fourth-order valence-electron chi connectivity index (χ4n) is 2.00. The number of pyridine rings is 1. The van der Waals surface area contributed by atoms with E-state index in [-0.39, 0.29) is 0 Å². The summed E-state index contributed by atoms with van der Waals surface area (Å²) in [6, 6.07) is 9.12. The minimum absolute atomic E-state index is 0.519. The number of nitrogens with zero attached hydrogens (tertiary/aromatic N) is 1. The Bertz CT molecular complexity index is 594. The van der Waals surface area contributed by atoms with Crippen LogP contribution in [0.4, 0.5) is 0 Å². The van der Waals surface area contributed by atoms with Gasteiger partial charge in [0.25, 0.3) is 0 Å². The van der Waals surface area contributed by atoms with Crippen LogP contribution in [-0.2, 0) is 6.54 Å². The predicted octanol–water partition coefficient (Wildman–Crippen LogP) is 3.96. The van der Waals surface area contributed by atoms with Crippen molar-refractivity contribution in [2.24, 2.45) is 0 Å². The van der Waals surface area contributed by atoms with Crippen molar-refractivity contribution in [1.82, 2.24) is 10.3 Å². The standard InChI is InChI=1S/C16H18Cl2N2O2/c1-21-16-12(9-13(17)10-14(16)18)11-19-6-4-8-22-15-5-2-3-7-20-15/h2-3,5,7,9-10,19H,4,6,8,11H2,1H3. The largest absolute Gasteiger partial charge is 0.495 e. The molecule has 2 rings (SSSR count). The molecule has 4 nitrogen and oxygen atoms in total. The van der Waals surface area contributed by atoms with Gasteiger partial charge in [0.05, 0.1) is 18.7 Å². The molecule has 0 fully saturated rings. The molecule has 0 saturated heterocycles. The number of hydrogen-bond acceptors (Lipinski definition) is 4. The fourth-order valence-corrected chi connectivity index (χ4v) is 2.62. The Morgan fingerprint density at radius 1 is 1.23 bits per heavy atom. The monoisotopic (exact) mass is 340 g/mol. The van der Waals surface area contributed by atoms with Crippen LogP contribution in [0.3, 0.4) is 0 Å². The zero-order valence-electron chi connectivity index (χ0n) is 12.3. The van der Waals surface area contributed by atoms with Gasteiger partial charge >= 0.3 is 0 Å². The first kappa shape index (κ1) is 16.9. The first-order valence-electron chi connectivity index (χ1n) is 6.97. The predicted molar refractivity (Wildman–Crippen MR) is 89.1 cm³/mol. The molecule has 0 spiro atoms. The van der Waals surface area contributed by atoms with Gasteiger partial charge in [-0.25, -0.2) is 4.98 Å². The maximum atomic E-state index is 6.10. The summed E-state index contributed by atoms with van der Waals surface area (Å²) in [5.41, 5.74) is 0.936. The molecule has 0 atom stereocenters. The van der Waals surface area contributed by atoms with Crippen LogP contribution in [-0.4, -0.2) is 25.2 Å². The normalized spacial score (nSPS) is 10.5. The second-order valence-corrected chi connectivity index (χ2v) is 5.47. The van der Waals surface area contributed by atoms with Crippen molar-refractivity contribution in [3.8, 4) is 11.6 Å². The molecule has 0 unspecified atom stereocenters. The van der Waals surface area contributed by atoms with E-state index in [0.717, 1.165) is 18.5 Å². The molecule has 1 aromatic heterocycles. The first-order valence-corrected chi connectivity index (χ1v) is 7.72. The van der Waals surface area contributed by atoms with Crippen molar-refractivity contribution < 1.29 is 9.47 Å². The molecule has 0 aliphatic rings. The Morgan fingerprint density at radius 3 is 2.82 bits per heavy atom. The van der Waals surface area contributed by atoms with E-state index in [1.807, 2.05) is 24.3 Å². The van der Waals surface area contributed by atoms with E-state index in [1.165, 1.54) is 0 Å². The zero-order chi connectivity index (χ0) is 15.8. The second-order valence-electron chi connectivity index (χ2n) is 4.63. The Balaban J connectivity index is 1.73. The van der Waals surface area contributed by atoms with Gasteiger partial charge in [0.1, 0.15) is 5.75 Å². The molecule has 1 N–H and O–H groups in total. The Labute approximate surface area is 140 Å². The molecular weight excluding hydrogens is 323 g/mol. The third kappa shape index (κ3) is 5.05. The molecular formula is C16H18Cl2N2O2. The summed E-state index contributed by atoms with van der Waals surface area (Å²) in [6.07, 6.45) is 2.58. The molecule has 1 heterocycles. The maximum Gasteiger partial charge on any atom is 0.213 e. The highest BCUT2D eigenvalue weighted by molar-refractivity contribution is 6.35. The van der Waals surface area contributed by atoms with E-state index in [2.05, 4.69) is 10.3 Å². The lowest BCUT2D eigenvalue weighted by Gasteiger charge is -2.12. The molecule has 22 heavy (non-hydrogen) atoms. The summed E-state index contributed by atoms with van der Waals surface area (Å²) in [7, 11) is 1.60. The van der Waals surface area contributed by atoms with Crippen molar-refractivity contribution in [3.05, 3.63) is 52.1 Å². The van der Waals surface area contributed by atoms with E-state index in [0.29, 0.717) is 34.8 Å². The van der Waals surface area contributed by atoms with Crippen LogP contribution < -0.4 is 14.8 Å². The van der Waals surface area contributed by atoms with Crippen molar-refractivity contribution >= 4 is 23.2 Å². The quantitative estimate of drug-likeness (QED) is 0.738. The topological polar surface area (TPSA) is 43.4 Å². The maximum absolute atomic E-state index is 6.10. The highest BCUT2D eigenvalue weighted by Gasteiger charge is 2.09. The van der Waals surface area contributed by atoms with Crippen LogP contribution in [0.25, 0.3) is 0 Å². The van der Waals surface area contributed by atoms with Crippen LogP contribution >= 0.6 is 23.2 Å². The van der Waals surface area contributed by atoms with Gasteiger partial charge in [0.15, 0.2) is 0 Å². The van der Waals surface area contributed by atoms with Crippen LogP contribution in [0.2, 0.25) is 10.0 Å². The van der Waals surface area contributed by atoms with Gasteiger partial charge in [0, 0.05) is 29.4 Å². The highest BCUT2D eigenvalue weighted by atomic mass is 35.5. The summed E-state index contributed by atoms with van der Waals surface area (Å²) >= 11 is 12.1. The Morgan fingerprint density at radius 2 is 2.09 bits per heavy atom. The zero-order valence-corrected chi connectivity index (χ0v) is 13.8. The van der Waals surface area contributed by atoms with Crippen LogP contribution in [0, 0.1) is 0 Å². The summed E-state index contributed by atoms with van der Waals surface area (Å²) < 4.78 is 10.8. The molecule has 0 radical (unpaired) electrons. The third-order valence-electron chi connectivity index (χ3n) is 2.99. The Hall–Kier alpha value is -1.49. The van der Waals surface area contributed by atoms with Gasteiger partial charge < -0.3 is 14.8 Å². The van der Waals surface area contributed by atoms with Gasteiger partial charge in [-0.2, -0.15) is 0 Å². The van der Waals surface area contributed by atoms with Gasteiger partial charge in [-0.05, 0) is 31.2 Å². The van der Waals surface area contributed by atoms with Crippen LogP contribution in [0.1, 0.15) is 12.0 Å². The number of rotatable bonds is 8. The molecule has 0 amide bonds. The van der Waals surface area contributed by atoms with E-state index in [4.69, 9.17) is 32.7 Å². The van der Waals surface area contributed by atoms with Crippen molar-refractivity contribution in [3.63, 3.8) is 0 Å². The average Bonchev–Trinajstić information content (AvgIpc) is 2.51. The summed E-state index contributed by atoms with van der Waals surface area (Å²) in [5.74, 6) is 1.30. The minimum Gasteiger partial charge on any atom is -0.495 e. The number of nitrogens with one attached hydrogen (secondary N) is 1. The van der Waals surface area contributed by atoms with Crippen molar-refractivity contribution in [2.45, 2.75) is 13.0 Å². The van der Waals surface area contributed by atoms with E-state index in [9.17, 15) is 0 Å². The molecule has 0 aliphatic heterocycles. The number of aromatic nitrogens is 1. The number of benzene rings is 1. The van der Waals surface area contributed by atoms with Gasteiger partial charge in [0.2, 0.25) is 5.88 Å². The summed E-state index contributed by atoms with van der Waals surface area (Å²) in [6.45, 7) is 2.05. The highest BCUT2D eigenvalue weighted by Crippen LogP contribution is 2.31. The average molecular weight is 341 g/mol. The minimum atomic E-state index is 0.519.